The molecule has 0 aliphatic heterocycles. The van der Waals surface area contributed by atoms with E-state index in [1.807, 2.05) is 91.9 Å². The molecule has 3 aromatic carbocycles. The van der Waals surface area contributed by atoms with E-state index in [0.29, 0.717) is 0 Å². The minimum atomic E-state index is -0.362. The van der Waals surface area contributed by atoms with E-state index in [-0.39, 0.29) is 17.9 Å². The van der Waals surface area contributed by atoms with Crippen molar-refractivity contribution in [3.05, 3.63) is 102 Å². The maximum absolute atomic E-state index is 13.2. The summed E-state index contributed by atoms with van der Waals surface area (Å²) in [6.45, 7) is 1.95. The highest BCUT2D eigenvalue weighted by atomic mass is 16.1. The Morgan fingerprint density at radius 1 is 0.852 bits per heavy atom. The van der Waals surface area contributed by atoms with Crippen molar-refractivity contribution in [1.29, 1.82) is 0 Å². The number of carbonyl (C=O) groups excluding carboxylic acids is 1. The summed E-state index contributed by atoms with van der Waals surface area (Å²) in [6.07, 6.45) is 0. The van der Waals surface area contributed by atoms with Gasteiger partial charge in [0.1, 0.15) is 5.82 Å². The molecule has 2 N–H and O–H groups in total. The molecule has 27 heavy (non-hydrogen) atoms. The van der Waals surface area contributed by atoms with Crippen molar-refractivity contribution in [3.8, 4) is 0 Å². The van der Waals surface area contributed by atoms with E-state index in [9.17, 15) is 4.79 Å². The summed E-state index contributed by atoms with van der Waals surface area (Å²) in [5.41, 5.74) is 3.81. The van der Waals surface area contributed by atoms with Gasteiger partial charge in [0.15, 0.2) is 0 Å². The van der Waals surface area contributed by atoms with Crippen LogP contribution in [0.2, 0.25) is 0 Å². The van der Waals surface area contributed by atoms with Gasteiger partial charge in [-0.15, -0.1) is 0 Å². The number of imidazole rings is 1. The van der Waals surface area contributed by atoms with Crippen LogP contribution in [-0.2, 0) is 4.79 Å². The predicted octanol–water partition coefficient (Wildman–Crippen LogP) is 4.57. The molecule has 0 spiro atoms. The van der Waals surface area contributed by atoms with E-state index in [2.05, 4.69) is 15.3 Å². The number of benzene rings is 3. The first kappa shape index (κ1) is 17.0. The number of hydrogen-bond acceptors (Lipinski definition) is 2. The number of aromatic amines is 1. The van der Waals surface area contributed by atoms with E-state index >= 15 is 0 Å². The summed E-state index contributed by atoms with van der Waals surface area (Å²) in [5, 5.41) is 3.12. The van der Waals surface area contributed by atoms with Crippen molar-refractivity contribution in [3.63, 3.8) is 0 Å². The molecule has 1 atom stereocenters. The summed E-state index contributed by atoms with van der Waals surface area (Å²) in [4.78, 5) is 21.1. The quantitative estimate of drug-likeness (QED) is 0.551. The number of hydrogen-bond donors (Lipinski definition) is 2. The Hall–Kier alpha value is -3.40. The van der Waals surface area contributed by atoms with Crippen LogP contribution in [0.15, 0.2) is 84.9 Å². The highest BCUT2D eigenvalue weighted by Crippen LogP contribution is 2.26. The molecule has 1 heterocycles. The normalized spacial score (nSPS) is 12.2. The first-order chi connectivity index (χ1) is 13.2. The molecule has 0 bridgehead atoms. The number of amides is 1. The fourth-order valence-electron chi connectivity index (χ4n) is 3.33. The molecule has 0 saturated carbocycles. The Morgan fingerprint density at radius 2 is 1.41 bits per heavy atom. The smallest absolute Gasteiger partial charge is 0.232 e. The van der Waals surface area contributed by atoms with Gasteiger partial charge in [0.2, 0.25) is 5.91 Å². The van der Waals surface area contributed by atoms with Gasteiger partial charge in [0, 0.05) is 0 Å². The van der Waals surface area contributed by atoms with Crippen molar-refractivity contribution in [1.82, 2.24) is 15.3 Å². The molecule has 4 aromatic rings. The highest BCUT2D eigenvalue weighted by molar-refractivity contribution is 5.87. The van der Waals surface area contributed by atoms with E-state index in [4.69, 9.17) is 0 Å². The third-order valence-electron chi connectivity index (χ3n) is 4.70. The second kappa shape index (κ2) is 7.46. The first-order valence-corrected chi connectivity index (χ1v) is 9.07. The van der Waals surface area contributed by atoms with Gasteiger partial charge in [-0.05, 0) is 30.2 Å². The topological polar surface area (TPSA) is 57.8 Å². The number of para-hydroxylation sites is 2. The second-order valence-corrected chi connectivity index (χ2v) is 6.62. The summed E-state index contributed by atoms with van der Waals surface area (Å²) in [5.74, 6) is 0.351. The molecule has 4 heteroatoms. The zero-order valence-corrected chi connectivity index (χ0v) is 15.1. The molecular formula is C23H21N3O. The standard InChI is InChI=1S/C23H21N3O/c1-16(22-25-19-14-8-9-15-20(19)26-22)24-23(27)21(17-10-4-2-5-11-17)18-12-6-3-7-13-18/h2-16,21H,1H3,(H,24,27)(H,25,26)/t16-/m1/s1. The summed E-state index contributed by atoms with van der Waals surface area (Å²) < 4.78 is 0. The SMILES string of the molecule is C[C@@H](NC(=O)C(c1ccccc1)c1ccccc1)c1nc2ccccc2[nH]1. The maximum Gasteiger partial charge on any atom is 0.232 e. The molecule has 0 radical (unpaired) electrons. The number of H-pyrrole nitrogens is 1. The molecule has 4 nitrogen and oxygen atoms in total. The largest absolute Gasteiger partial charge is 0.346 e. The Balaban J connectivity index is 1.61. The monoisotopic (exact) mass is 355 g/mol. The number of aromatic nitrogens is 2. The summed E-state index contributed by atoms with van der Waals surface area (Å²) in [7, 11) is 0. The average molecular weight is 355 g/mol. The second-order valence-electron chi connectivity index (χ2n) is 6.62. The van der Waals surface area contributed by atoms with Crippen LogP contribution >= 0.6 is 0 Å². The van der Waals surface area contributed by atoms with Crippen LogP contribution in [0.4, 0.5) is 0 Å². The number of fused-ring (bicyclic) bond motifs is 1. The third kappa shape index (κ3) is 3.60. The van der Waals surface area contributed by atoms with Crippen molar-refractivity contribution in [2.45, 2.75) is 18.9 Å². The number of nitrogens with zero attached hydrogens (tertiary/aromatic N) is 1. The Morgan fingerprint density at radius 3 is 2.00 bits per heavy atom. The lowest BCUT2D eigenvalue weighted by molar-refractivity contribution is -0.122. The third-order valence-corrected chi connectivity index (χ3v) is 4.70. The lowest BCUT2D eigenvalue weighted by atomic mass is 9.90. The number of carbonyl (C=O) groups is 1. The first-order valence-electron chi connectivity index (χ1n) is 9.07. The van der Waals surface area contributed by atoms with Gasteiger partial charge in [-0.3, -0.25) is 4.79 Å². The fraction of sp³-hybridized carbons (Fsp3) is 0.130. The molecular weight excluding hydrogens is 334 g/mol. The van der Waals surface area contributed by atoms with E-state index in [0.717, 1.165) is 28.0 Å². The van der Waals surface area contributed by atoms with Crippen molar-refractivity contribution < 1.29 is 4.79 Å². The fourth-order valence-corrected chi connectivity index (χ4v) is 3.33. The summed E-state index contributed by atoms with van der Waals surface area (Å²) in [6, 6.07) is 27.4. The Bertz CT molecular complexity index is 968. The zero-order chi connectivity index (χ0) is 18.6. The molecule has 0 fully saturated rings. The van der Waals surface area contributed by atoms with Gasteiger partial charge in [-0.25, -0.2) is 4.98 Å². The number of nitrogens with one attached hydrogen (secondary N) is 2. The lowest BCUT2D eigenvalue weighted by Crippen LogP contribution is -2.32. The molecule has 1 amide bonds. The van der Waals surface area contributed by atoms with Crippen LogP contribution in [0.1, 0.15) is 35.8 Å². The molecule has 0 aliphatic carbocycles. The Kier molecular flexibility index (Phi) is 4.71. The van der Waals surface area contributed by atoms with E-state index in [1.54, 1.807) is 0 Å². The number of rotatable bonds is 5. The minimum Gasteiger partial charge on any atom is -0.346 e. The zero-order valence-electron chi connectivity index (χ0n) is 15.1. The highest BCUT2D eigenvalue weighted by Gasteiger charge is 2.24. The van der Waals surface area contributed by atoms with Crippen molar-refractivity contribution >= 4 is 16.9 Å². The van der Waals surface area contributed by atoms with Crippen molar-refractivity contribution in [2.75, 3.05) is 0 Å². The summed E-state index contributed by atoms with van der Waals surface area (Å²) >= 11 is 0. The van der Waals surface area contributed by atoms with E-state index in [1.165, 1.54) is 0 Å². The molecule has 0 aliphatic rings. The molecule has 0 unspecified atom stereocenters. The maximum atomic E-state index is 13.2. The van der Waals surface area contributed by atoms with Gasteiger partial charge in [-0.2, -0.15) is 0 Å². The van der Waals surface area contributed by atoms with Gasteiger partial charge in [0.05, 0.1) is 23.0 Å². The predicted molar refractivity (Wildman–Crippen MR) is 107 cm³/mol. The van der Waals surface area contributed by atoms with Crippen molar-refractivity contribution in [2.24, 2.45) is 0 Å². The molecule has 1 aromatic heterocycles. The van der Waals surface area contributed by atoms with Crippen LogP contribution in [0, 0.1) is 0 Å². The molecule has 0 saturated heterocycles. The van der Waals surface area contributed by atoms with Crippen LogP contribution in [-0.4, -0.2) is 15.9 Å². The van der Waals surface area contributed by atoms with Crippen LogP contribution in [0.25, 0.3) is 11.0 Å². The van der Waals surface area contributed by atoms with Gasteiger partial charge >= 0.3 is 0 Å². The Labute approximate surface area is 158 Å². The molecule has 4 rings (SSSR count). The van der Waals surface area contributed by atoms with Crippen LogP contribution in [0.5, 0.6) is 0 Å². The van der Waals surface area contributed by atoms with Gasteiger partial charge < -0.3 is 10.3 Å². The lowest BCUT2D eigenvalue weighted by Gasteiger charge is -2.20. The van der Waals surface area contributed by atoms with E-state index < -0.39 is 0 Å². The average Bonchev–Trinajstić information content (AvgIpc) is 3.14. The molecule has 134 valence electrons. The minimum absolute atomic E-state index is 0.0413. The van der Waals surface area contributed by atoms with Crippen LogP contribution < -0.4 is 5.32 Å². The van der Waals surface area contributed by atoms with Crippen LogP contribution in [0.3, 0.4) is 0 Å². The van der Waals surface area contributed by atoms with Gasteiger partial charge in [0.25, 0.3) is 0 Å². The van der Waals surface area contributed by atoms with Gasteiger partial charge in [-0.1, -0.05) is 72.8 Å².